The van der Waals surface area contributed by atoms with Crippen LogP contribution in [0.1, 0.15) is 37.3 Å². The minimum Gasteiger partial charge on any atom is -0.495 e. The smallest absolute Gasteiger partial charge is 0.314 e. The lowest BCUT2D eigenvalue weighted by molar-refractivity contribution is -0.121. The van der Waals surface area contributed by atoms with Crippen molar-refractivity contribution >= 4 is 28.3 Å². The molecule has 0 aliphatic heterocycles. The Morgan fingerprint density at radius 2 is 1.88 bits per heavy atom. The molecule has 1 unspecified atom stereocenters. The summed E-state index contributed by atoms with van der Waals surface area (Å²) < 4.78 is 39.9. The van der Waals surface area contributed by atoms with Gasteiger partial charge in [0, 0.05) is 47.3 Å². The van der Waals surface area contributed by atoms with Crippen molar-refractivity contribution in [1.29, 1.82) is 0 Å². The predicted molar refractivity (Wildman–Crippen MR) is 145 cm³/mol. The summed E-state index contributed by atoms with van der Waals surface area (Å²) >= 11 is 6.24. The van der Waals surface area contributed by atoms with E-state index >= 15 is 0 Å². The standard InChI is InChI=1S/C28H24ClF2N5O4/c1-4-22(23(37)10-15-5-8-21-16(9-15)13-35(2)34-21)36-14-24(39-3)20(12-25(36)38)19-11-17(29)6-7-18(19)27-32-33-28(40-27)26(30)31/h5-9,11-14,22,26H,4,10H2,1-3H3. The fourth-order valence-electron chi connectivity index (χ4n) is 4.71. The molecule has 40 heavy (non-hydrogen) atoms. The van der Waals surface area contributed by atoms with E-state index in [9.17, 15) is 18.4 Å². The molecule has 5 aromatic rings. The number of ketones is 1. The molecule has 3 aromatic heterocycles. The Balaban J connectivity index is 1.52. The third-order valence-corrected chi connectivity index (χ3v) is 6.78. The van der Waals surface area contributed by atoms with E-state index in [4.69, 9.17) is 20.8 Å². The van der Waals surface area contributed by atoms with Crippen molar-refractivity contribution in [3.8, 4) is 28.3 Å². The van der Waals surface area contributed by atoms with Gasteiger partial charge in [-0.25, -0.2) is 0 Å². The number of aryl methyl sites for hydroxylation is 1. The number of rotatable bonds is 9. The summed E-state index contributed by atoms with van der Waals surface area (Å²) in [6, 6.07) is 10.8. The van der Waals surface area contributed by atoms with Gasteiger partial charge in [-0.05, 0) is 47.9 Å². The first-order chi connectivity index (χ1) is 19.2. The van der Waals surface area contributed by atoms with Crippen LogP contribution in [0.25, 0.3) is 33.5 Å². The highest BCUT2D eigenvalue weighted by Gasteiger charge is 2.25. The van der Waals surface area contributed by atoms with E-state index in [0.29, 0.717) is 22.6 Å². The van der Waals surface area contributed by atoms with Gasteiger partial charge < -0.3 is 13.7 Å². The van der Waals surface area contributed by atoms with E-state index in [1.54, 1.807) is 10.7 Å². The first kappa shape index (κ1) is 27.2. The zero-order chi connectivity index (χ0) is 28.6. The largest absolute Gasteiger partial charge is 0.495 e. The number of hydrogen-bond acceptors (Lipinski definition) is 7. The van der Waals surface area contributed by atoms with Gasteiger partial charge in [0.2, 0.25) is 5.89 Å². The van der Waals surface area contributed by atoms with Gasteiger partial charge in [-0.3, -0.25) is 14.3 Å². The van der Waals surface area contributed by atoms with Gasteiger partial charge in [0.15, 0.2) is 5.78 Å². The maximum atomic E-state index is 13.4. The van der Waals surface area contributed by atoms with Crippen LogP contribution in [-0.2, 0) is 18.3 Å². The molecule has 0 aliphatic carbocycles. The van der Waals surface area contributed by atoms with Crippen LogP contribution in [0.2, 0.25) is 5.02 Å². The quantitative estimate of drug-likeness (QED) is 0.221. The molecule has 9 nitrogen and oxygen atoms in total. The maximum Gasteiger partial charge on any atom is 0.314 e. The summed E-state index contributed by atoms with van der Waals surface area (Å²) in [5, 5.41) is 12.7. The van der Waals surface area contributed by atoms with Crippen molar-refractivity contribution < 1.29 is 22.7 Å². The molecule has 12 heteroatoms. The molecule has 0 spiro atoms. The van der Waals surface area contributed by atoms with Crippen molar-refractivity contribution in [2.75, 3.05) is 7.11 Å². The second kappa shape index (κ2) is 11.0. The number of nitrogens with zero attached hydrogens (tertiary/aromatic N) is 5. The number of ether oxygens (including phenoxy) is 1. The number of aromatic nitrogens is 5. The fourth-order valence-corrected chi connectivity index (χ4v) is 4.88. The highest BCUT2D eigenvalue weighted by Crippen LogP contribution is 2.38. The molecule has 0 bridgehead atoms. The first-order valence-corrected chi connectivity index (χ1v) is 12.7. The summed E-state index contributed by atoms with van der Waals surface area (Å²) in [5.74, 6) is -0.873. The number of carbonyl (C=O) groups excluding carboxylic acids is 1. The van der Waals surface area contributed by atoms with Crippen LogP contribution in [0.5, 0.6) is 5.75 Å². The van der Waals surface area contributed by atoms with Gasteiger partial charge >= 0.3 is 6.43 Å². The molecule has 2 aromatic carbocycles. The highest BCUT2D eigenvalue weighted by atomic mass is 35.5. The first-order valence-electron chi connectivity index (χ1n) is 12.4. The number of hydrogen-bond donors (Lipinski definition) is 0. The lowest BCUT2D eigenvalue weighted by Crippen LogP contribution is -2.30. The van der Waals surface area contributed by atoms with Crippen molar-refractivity contribution in [2.24, 2.45) is 7.05 Å². The summed E-state index contributed by atoms with van der Waals surface area (Å²) in [4.78, 5) is 26.8. The van der Waals surface area contributed by atoms with Crippen LogP contribution < -0.4 is 10.3 Å². The number of halogens is 3. The fraction of sp³-hybridized carbons (Fsp3) is 0.250. The van der Waals surface area contributed by atoms with E-state index in [2.05, 4.69) is 15.3 Å². The third kappa shape index (κ3) is 5.24. The molecule has 5 rings (SSSR count). The van der Waals surface area contributed by atoms with Crippen molar-refractivity contribution in [3.63, 3.8) is 0 Å². The van der Waals surface area contributed by atoms with Gasteiger partial charge in [-0.1, -0.05) is 24.6 Å². The van der Waals surface area contributed by atoms with Gasteiger partial charge in [0.25, 0.3) is 11.4 Å². The topological polar surface area (TPSA) is 105 Å². The number of pyridine rings is 1. The Hall–Kier alpha value is -4.38. The van der Waals surface area contributed by atoms with Gasteiger partial charge in [-0.15, -0.1) is 10.2 Å². The maximum absolute atomic E-state index is 13.4. The average Bonchev–Trinajstić information content (AvgIpc) is 3.56. The average molecular weight is 568 g/mol. The molecule has 0 amide bonds. The highest BCUT2D eigenvalue weighted by molar-refractivity contribution is 6.31. The van der Waals surface area contributed by atoms with Crippen molar-refractivity contribution in [2.45, 2.75) is 32.2 Å². The predicted octanol–water partition coefficient (Wildman–Crippen LogP) is 5.81. The number of methoxy groups -OCH3 is 1. The molecule has 206 valence electrons. The van der Waals surface area contributed by atoms with Crippen LogP contribution in [0.3, 0.4) is 0 Å². The van der Waals surface area contributed by atoms with Crippen molar-refractivity contribution in [3.05, 3.63) is 81.7 Å². The Morgan fingerprint density at radius 3 is 2.58 bits per heavy atom. The van der Waals surface area contributed by atoms with Crippen LogP contribution >= 0.6 is 11.6 Å². The third-order valence-electron chi connectivity index (χ3n) is 6.55. The number of benzene rings is 2. The minimum absolute atomic E-state index is 0.127. The molecule has 0 saturated carbocycles. The lowest BCUT2D eigenvalue weighted by atomic mass is 9.98. The molecular weight excluding hydrogens is 544 g/mol. The summed E-state index contributed by atoms with van der Waals surface area (Å²) in [5.41, 5.74) is 2.15. The molecule has 0 fully saturated rings. The van der Waals surface area contributed by atoms with Crippen LogP contribution in [0.4, 0.5) is 8.78 Å². The van der Waals surface area contributed by atoms with E-state index < -0.39 is 23.9 Å². The van der Waals surface area contributed by atoms with E-state index in [-0.39, 0.29) is 29.4 Å². The summed E-state index contributed by atoms with van der Waals surface area (Å²) in [6.07, 6.45) is 0.905. The summed E-state index contributed by atoms with van der Waals surface area (Å²) in [6.45, 7) is 1.82. The van der Waals surface area contributed by atoms with Crippen LogP contribution in [0, 0.1) is 0 Å². The van der Waals surface area contributed by atoms with Crippen LogP contribution in [-0.4, -0.2) is 37.4 Å². The molecule has 0 saturated heterocycles. The molecule has 0 radical (unpaired) electrons. The number of Topliss-reactive ketones (excluding diaryl/α,β-unsaturated/α-hetero) is 1. The number of fused-ring (bicyclic) bond motifs is 1. The van der Waals surface area contributed by atoms with E-state index in [0.717, 1.165) is 16.5 Å². The molecule has 0 N–H and O–H groups in total. The normalized spacial score (nSPS) is 12.3. The molecular formula is C28H24ClF2N5O4. The van der Waals surface area contributed by atoms with Gasteiger partial charge in [-0.2, -0.15) is 13.9 Å². The van der Waals surface area contributed by atoms with Crippen molar-refractivity contribution in [1.82, 2.24) is 24.5 Å². The van der Waals surface area contributed by atoms with Gasteiger partial charge in [0.1, 0.15) is 5.75 Å². The monoisotopic (exact) mass is 567 g/mol. The molecule has 0 aliphatic rings. The molecule has 3 heterocycles. The SMILES string of the molecule is CCC(C(=O)Cc1ccc2nn(C)cc2c1)n1cc(OC)c(-c2cc(Cl)ccc2-c2nnc(C(F)F)o2)cc1=O. The number of carbonyl (C=O) groups is 1. The Morgan fingerprint density at radius 1 is 1.07 bits per heavy atom. The van der Waals surface area contributed by atoms with E-state index in [1.165, 1.54) is 36.1 Å². The zero-order valence-corrected chi connectivity index (χ0v) is 22.5. The Kier molecular flexibility index (Phi) is 7.49. The zero-order valence-electron chi connectivity index (χ0n) is 21.8. The van der Waals surface area contributed by atoms with E-state index in [1.807, 2.05) is 38.4 Å². The Bertz CT molecular complexity index is 1780. The Labute approximate surface area is 232 Å². The minimum atomic E-state index is -2.94. The summed E-state index contributed by atoms with van der Waals surface area (Å²) in [7, 11) is 3.25. The second-order valence-corrected chi connectivity index (χ2v) is 9.64. The molecule has 1 atom stereocenters. The van der Waals surface area contributed by atoms with Gasteiger partial charge in [0.05, 0.1) is 24.9 Å². The number of alkyl halides is 2. The second-order valence-electron chi connectivity index (χ2n) is 9.20. The van der Waals surface area contributed by atoms with Crippen LogP contribution in [0.15, 0.2) is 64.1 Å². The lowest BCUT2D eigenvalue weighted by Gasteiger charge is -2.20.